The van der Waals surface area contributed by atoms with E-state index in [2.05, 4.69) is 15.5 Å². The van der Waals surface area contributed by atoms with Gasteiger partial charge in [-0.05, 0) is 6.07 Å². The van der Waals surface area contributed by atoms with Crippen LogP contribution in [0.5, 0.6) is 5.75 Å². The molecule has 0 saturated heterocycles. The first-order valence-electron chi connectivity index (χ1n) is 5.68. The smallest absolute Gasteiger partial charge is 0.165 e. The monoisotopic (exact) mass is 250 g/mol. The summed E-state index contributed by atoms with van der Waals surface area (Å²) in [4.78, 5) is 0. The third kappa shape index (κ3) is 2.84. The summed E-state index contributed by atoms with van der Waals surface area (Å²) in [5.74, 6) is -0.00257. The van der Waals surface area contributed by atoms with Crippen LogP contribution >= 0.6 is 0 Å². The second-order valence-electron chi connectivity index (χ2n) is 4.03. The van der Waals surface area contributed by atoms with E-state index in [1.165, 1.54) is 6.07 Å². The molecular weight excluding hydrogens is 235 g/mol. The highest BCUT2D eigenvalue weighted by molar-refractivity contribution is 5.33. The van der Waals surface area contributed by atoms with Crippen molar-refractivity contribution in [3.63, 3.8) is 0 Å². The largest absolute Gasteiger partial charge is 0.505 e. The maximum absolute atomic E-state index is 13.1. The minimum absolute atomic E-state index is 0.288. The number of aromatic hydroxyl groups is 1. The Morgan fingerprint density at radius 3 is 3.00 bits per heavy atom. The Labute approximate surface area is 104 Å². The van der Waals surface area contributed by atoms with Gasteiger partial charge in [0, 0.05) is 32.1 Å². The van der Waals surface area contributed by atoms with Crippen molar-refractivity contribution in [3.05, 3.63) is 41.7 Å². The van der Waals surface area contributed by atoms with E-state index >= 15 is 0 Å². The molecule has 0 aliphatic rings. The van der Waals surface area contributed by atoms with Crippen LogP contribution in [-0.2, 0) is 20.0 Å². The quantitative estimate of drug-likeness (QED) is 0.777. The molecule has 18 heavy (non-hydrogen) atoms. The van der Waals surface area contributed by atoms with Gasteiger partial charge in [-0.15, -0.1) is 10.2 Å². The Bertz CT molecular complexity index is 527. The number of aromatic nitrogens is 3. The molecule has 0 fully saturated rings. The number of nitrogens with one attached hydrogen (secondary N) is 1. The number of para-hydroxylation sites is 1. The van der Waals surface area contributed by atoms with Crippen LogP contribution in [0, 0.1) is 5.82 Å². The lowest BCUT2D eigenvalue weighted by molar-refractivity contribution is 0.423. The van der Waals surface area contributed by atoms with Gasteiger partial charge >= 0.3 is 0 Å². The molecule has 0 aliphatic carbocycles. The second kappa shape index (κ2) is 5.59. The Balaban J connectivity index is 1.82. The molecule has 1 aromatic heterocycles. The summed E-state index contributed by atoms with van der Waals surface area (Å²) in [6, 6.07) is 4.50. The molecule has 1 heterocycles. The van der Waals surface area contributed by atoms with Crippen molar-refractivity contribution < 1.29 is 9.50 Å². The van der Waals surface area contributed by atoms with Gasteiger partial charge < -0.3 is 15.0 Å². The van der Waals surface area contributed by atoms with Gasteiger partial charge in [0.15, 0.2) is 11.6 Å². The minimum Gasteiger partial charge on any atom is -0.505 e. The number of phenolic OH excluding ortho intramolecular Hbond substituents is 1. The number of benzene rings is 1. The summed E-state index contributed by atoms with van der Waals surface area (Å²) in [5, 5.41) is 20.3. The average molecular weight is 250 g/mol. The van der Waals surface area contributed by atoms with Gasteiger partial charge in [-0.25, -0.2) is 4.39 Å². The van der Waals surface area contributed by atoms with Gasteiger partial charge in [0.05, 0.1) is 0 Å². The van der Waals surface area contributed by atoms with Gasteiger partial charge in [0.25, 0.3) is 0 Å². The van der Waals surface area contributed by atoms with Gasteiger partial charge in [0.1, 0.15) is 12.2 Å². The number of nitrogens with zero attached hydrogens (tertiary/aromatic N) is 3. The highest BCUT2D eigenvalue weighted by Gasteiger charge is 2.06. The van der Waals surface area contributed by atoms with Crippen molar-refractivity contribution in [2.45, 2.75) is 13.0 Å². The lowest BCUT2D eigenvalue weighted by Crippen LogP contribution is -2.18. The van der Waals surface area contributed by atoms with Gasteiger partial charge in [0.2, 0.25) is 0 Å². The van der Waals surface area contributed by atoms with Crippen LogP contribution in [0.2, 0.25) is 0 Å². The standard InChI is InChI=1S/C12H15FN4O/c1-17-8-15-16-11(17)5-6-14-7-9-3-2-4-10(13)12(9)18/h2-4,8,14,18H,5-7H2,1H3. The van der Waals surface area contributed by atoms with Crippen LogP contribution in [-0.4, -0.2) is 26.4 Å². The molecule has 0 spiro atoms. The molecule has 0 unspecified atom stereocenters. The van der Waals surface area contributed by atoms with Gasteiger partial charge in [-0.2, -0.15) is 0 Å². The van der Waals surface area contributed by atoms with E-state index in [4.69, 9.17) is 0 Å². The lowest BCUT2D eigenvalue weighted by Gasteiger charge is -2.07. The number of rotatable bonds is 5. The van der Waals surface area contributed by atoms with E-state index in [1.807, 2.05) is 11.6 Å². The third-order valence-corrected chi connectivity index (χ3v) is 2.72. The number of halogens is 1. The molecule has 0 radical (unpaired) electrons. The van der Waals surface area contributed by atoms with Crippen LogP contribution in [0.15, 0.2) is 24.5 Å². The summed E-state index contributed by atoms with van der Waals surface area (Å²) in [7, 11) is 1.88. The van der Waals surface area contributed by atoms with E-state index < -0.39 is 5.82 Å². The van der Waals surface area contributed by atoms with Crippen molar-refractivity contribution in [3.8, 4) is 5.75 Å². The molecule has 0 saturated carbocycles. The molecular formula is C12H15FN4O. The van der Waals surface area contributed by atoms with Crippen LogP contribution in [0.25, 0.3) is 0 Å². The molecule has 0 amide bonds. The van der Waals surface area contributed by atoms with E-state index in [9.17, 15) is 9.50 Å². The second-order valence-corrected chi connectivity index (χ2v) is 4.03. The summed E-state index contributed by atoms with van der Waals surface area (Å²) >= 11 is 0. The van der Waals surface area contributed by atoms with Crippen LogP contribution < -0.4 is 5.32 Å². The fraction of sp³-hybridized carbons (Fsp3) is 0.333. The van der Waals surface area contributed by atoms with E-state index in [0.29, 0.717) is 18.7 Å². The van der Waals surface area contributed by atoms with E-state index in [-0.39, 0.29) is 5.75 Å². The highest BCUT2D eigenvalue weighted by atomic mass is 19.1. The zero-order valence-corrected chi connectivity index (χ0v) is 10.1. The fourth-order valence-corrected chi connectivity index (χ4v) is 1.66. The van der Waals surface area contributed by atoms with Gasteiger partial charge in [-0.3, -0.25) is 0 Å². The first kappa shape index (κ1) is 12.5. The summed E-state index contributed by atoms with van der Waals surface area (Å²) < 4.78 is 14.9. The average Bonchev–Trinajstić information content (AvgIpc) is 2.76. The topological polar surface area (TPSA) is 63.0 Å². The Morgan fingerprint density at radius 1 is 1.44 bits per heavy atom. The van der Waals surface area contributed by atoms with Crippen molar-refractivity contribution in [1.29, 1.82) is 0 Å². The molecule has 96 valence electrons. The Morgan fingerprint density at radius 2 is 2.28 bits per heavy atom. The van der Waals surface area contributed by atoms with E-state index in [0.717, 1.165) is 12.2 Å². The van der Waals surface area contributed by atoms with Crippen molar-refractivity contribution in [1.82, 2.24) is 20.1 Å². The lowest BCUT2D eigenvalue weighted by atomic mass is 10.2. The number of hydrogen-bond acceptors (Lipinski definition) is 4. The van der Waals surface area contributed by atoms with Crippen LogP contribution in [0.3, 0.4) is 0 Å². The number of hydrogen-bond donors (Lipinski definition) is 2. The zero-order valence-electron chi connectivity index (χ0n) is 10.1. The van der Waals surface area contributed by atoms with Crippen molar-refractivity contribution in [2.24, 2.45) is 7.05 Å². The normalized spacial score (nSPS) is 10.8. The van der Waals surface area contributed by atoms with Crippen molar-refractivity contribution in [2.75, 3.05) is 6.54 Å². The summed E-state index contributed by atoms with van der Waals surface area (Å²) in [5.41, 5.74) is 0.549. The SMILES string of the molecule is Cn1cnnc1CCNCc1cccc(F)c1O. The molecule has 0 aliphatic heterocycles. The minimum atomic E-state index is -0.595. The van der Waals surface area contributed by atoms with Crippen LogP contribution in [0.1, 0.15) is 11.4 Å². The molecule has 0 bridgehead atoms. The van der Waals surface area contributed by atoms with Crippen molar-refractivity contribution >= 4 is 0 Å². The first-order chi connectivity index (χ1) is 8.68. The molecule has 2 aromatic rings. The zero-order chi connectivity index (χ0) is 13.0. The molecule has 2 rings (SSSR count). The molecule has 6 heteroatoms. The molecule has 0 atom stereocenters. The van der Waals surface area contributed by atoms with Gasteiger partial charge in [-0.1, -0.05) is 12.1 Å². The predicted molar refractivity (Wildman–Crippen MR) is 64.5 cm³/mol. The van der Waals surface area contributed by atoms with Crippen LogP contribution in [0.4, 0.5) is 4.39 Å². The van der Waals surface area contributed by atoms with E-state index in [1.54, 1.807) is 18.5 Å². The Kier molecular flexibility index (Phi) is 3.88. The maximum Gasteiger partial charge on any atom is 0.165 e. The highest BCUT2D eigenvalue weighted by Crippen LogP contribution is 2.20. The molecule has 5 nitrogen and oxygen atoms in total. The number of aryl methyl sites for hydroxylation is 1. The number of phenols is 1. The predicted octanol–water partition coefficient (Wildman–Crippen LogP) is 0.992. The third-order valence-electron chi connectivity index (χ3n) is 2.72. The molecule has 1 aromatic carbocycles. The molecule has 2 N–H and O–H groups in total. The summed E-state index contributed by atoms with van der Waals surface area (Å²) in [6.45, 7) is 1.10. The fourth-order valence-electron chi connectivity index (χ4n) is 1.66. The maximum atomic E-state index is 13.1. The first-order valence-corrected chi connectivity index (χ1v) is 5.68. The Hall–Kier alpha value is -1.95. The summed E-state index contributed by atoms with van der Waals surface area (Å²) in [6.07, 6.45) is 2.38.